The van der Waals surface area contributed by atoms with Crippen LogP contribution in [-0.2, 0) is 13.1 Å². The molecule has 0 aliphatic heterocycles. The van der Waals surface area contributed by atoms with Gasteiger partial charge in [-0.1, -0.05) is 60.1 Å². The van der Waals surface area contributed by atoms with E-state index in [1.165, 1.54) is 4.52 Å². The molecule has 0 atom stereocenters. The third kappa shape index (κ3) is 3.95. The monoisotopic (exact) mass is 430 g/mol. The summed E-state index contributed by atoms with van der Waals surface area (Å²) in [5.74, 6) is 2.51. The molecule has 0 saturated carbocycles. The van der Waals surface area contributed by atoms with E-state index in [0.717, 1.165) is 11.1 Å². The number of anilines is 2. The van der Waals surface area contributed by atoms with Crippen molar-refractivity contribution in [3.8, 4) is 11.6 Å². The maximum atomic E-state index is 6.44. The fourth-order valence-corrected chi connectivity index (χ4v) is 3.60. The number of hydrogen-bond donors (Lipinski definition) is 1. The van der Waals surface area contributed by atoms with E-state index in [2.05, 4.69) is 27.1 Å². The number of benzene rings is 2. The summed E-state index contributed by atoms with van der Waals surface area (Å²) in [4.78, 5) is 11.4. The first-order chi connectivity index (χ1) is 15.2. The van der Waals surface area contributed by atoms with Crippen LogP contribution in [0.5, 0.6) is 0 Å². The zero-order valence-electron chi connectivity index (χ0n) is 16.5. The first-order valence-electron chi connectivity index (χ1n) is 9.77. The van der Waals surface area contributed by atoms with Crippen LogP contribution in [0.15, 0.2) is 83.5 Å². The fourth-order valence-electron chi connectivity index (χ4n) is 3.40. The molecule has 0 bridgehead atoms. The van der Waals surface area contributed by atoms with Gasteiger partial charge in [0.2, 0.25) is 5.82 Å². The topological polar surface area (TPSA) is 85.5 Å². The van der Waals surface area contributed by atoms with E-state index in [1.54, 1.807) is 24.5 Å². The van der Waals surface area contributed by atoms with Crippen LogP contribution in [0.3, 0.4) is 0 Å². The van der Waals surface area contributed by atoms with Gasteiger partial charge in [-0.25, -0.2) is 0 Å². The molecule has 0 aliphatic carbocycles. The molecule has 0 radical (unpaired) electrons. The van der Waals surface area contributed by atoms with Gasteiger partial charge in [0.05, 0.1) is 6.26 Å². The van der Waals surface area contributed by atoms with Gasteiger partial charge in [0.15, 0.2) is 5.76 Å². The van der Waals surface area contributed by atoms with E-state index >= 15 is 0 Å². The van der Waals surface area contributed by atoms with Crippen molar-refractivity contribution in [1.29, 1.82) is 0 Å². The molecular formula is C23H19ClN6O. The largest absolute Gasteiger partial charge is 0.461 e. The lowest BCUT2D eigenvalue weighted by atomic mass is 10.1. The maximum absolute atomic E-state index is 6.44. The Kier molecular flexibility index (Phi) is 5.01. The van der Waals surface area contributed by atoms with Crippen molar-refractivity contribution in [2.75, 3.05) is 10.6 Å². The Hall–Kier alpha value is -3.84. The lowest BCUT2D eigenvalue weighted by Gasteiger charge is -2.25. The summed E-state index contributed by atoms with van der Waals surface area (Å²) in [6.45, 7) is 1.20. The number of rotatable bonds is 6. The number of nitrogens with two attached hydrogens (primary N) is 1. The third-order valence-electron chi connectivity index (χ3n) is 4.93. The van der Waals surface area contributed by atoms with Crippen molar-refractivity contribution in [2.45, 2.75) is 13.1 Å². The Morgan fingerprint density at radius 1 is 0.935 bits per heavy atom. The molecular weight excluding hydrogens is 412 g/mol. The average molecular weight is 431 g/mol. The lowest BCUT2D eigenvalue weighted by Crippen LogP contribution is -2.24. The summed E-state index contributed by atoms with van der Waals surface area (Å²) < 4.78 is 6.92. The van der Waals surface area contributed by atoms with E-state index < -0.39 is 0 Å². The zero-order chi connectivity index (χ0) is 21.2. The second-order valence-corrected chi connectivity index (χ2v) is 7.50. The predicted octanol–water partition coefficient (Wildman–Crippen LogP) is 4.83. The van der Waals surface area contributed by atoms with Crippen LogP contribution < -0.4 is 10.6 Å². The smallest absolute Gasteiger partial charge is 0.256 e. The van der Waals surface area contributed by atoms with Gasteiger partial charge >= 0.3 is 0 Å². The molecule has 2 N–H and O–H groups in total. The van der Waals surface area contributed by atoms with Crippen molar-refractivity contribution in [3.63, 3.8) is 0 Å². The Balaban J connectivity index is 1.56. The highest BCUT2D eigenvalue weighted by atomic mass is 35.5. The van der Waals surface area contributed by atoms with E-state index in [4.69, 9.17) is 26.7 Å². The van der Waals surface area contributed by atoms with Crippen molar-refractivity contribution in [2.24, 2.45) is 0 Å². The van der Waals surface area contributed by atoms with Gasteiger partial charge in [-0.3, -0.25) is 0 Å². The second kappa shape index (κ2) is 8.12. The summed E-state index contributed by atoms with van der Waals surface area (Å²) in [5.41, 5.74) is 8.46. The van der Waals surface area contributed by atoms with Crippen LogP contribution in [0.4, 0.5) is 11.6 Å². The molecule has 7 nitrogen and oxygen atoms in total. The molecule has 8 heteroatoms. The molecule has 0 fully saturated rings. The van der Waals surface area contributed by atoms with Crippen molar-refractivity contribution in [3.05, 3.63) is 95.2 Å². The number of fused-ring (bicyclic) bond motifs is 1. The number of hydrogen-bond acceptors (Lipinski definition) is 6. The van der Waals surface area contributed by atoms with Crippen molar-refractivity contribution < 1.29 is 4.42 Å². The molecule has 0 amide bonds. The van der Waals surface area contributed by atoms with Gasteiger partial charge < -0.3 is 15.1 Å². The third-order valence-corrected chi connectivity index (χ3v) is 5.30. The summed E-state index contributed by atoms with van der Waals surface area (Å²) in [6.07, 6.45) is 1.58. The SMILES string of the molecule is Nc1cc(N(Cc2ccccc2)Cc2ccccc2Cl)nc2nc(-c3ccco3)nn12. The van der Waals surface area contributed by atoms with Gasteiger partial charge in [-0.2, -0.15) is 14.5 Å². The van der Waals surface area contributed by atoms with E-state index in [1.807, 2.05) is 42.5 Å². The Morgan fingerprint density at radius 2 is 1.74 bits per heavy atom. The lowest BCUT2D eigenvalue weighted by molar-refractivity contribution is 0.577. The normalized spacial score (nSPS) is 11.1. The molecule has 0 unspecified atom stereocenters. The van der Waals surface area contributed by atoms with Crippen LogP contribution in [0.25, 0.3) is 17.4 Å². The van der Waals surface area contributed by atoms with Gasteiger partial charge in [-0.05, 0) is 29.3 Å². The number of halogens is 1. The maximum Gasteiger partial charge on any atom is 0.256 e. The number of nitrogens with zero attached hydrogens (tertiary/aromatic N) is 5. The highest BCUT2D eigenvalue weighted by Crippen LogP contribution is 2.25. The molecule has 5 rings (SSSR count). The van der Waals surface area contributed by atoms with Gasteiger partial charge in [0.25, 0.3) is 5.78 Å². The molecule has 3 heterocycles. The van der Waals surface area contributed by atoms with Crippen LogP contribution in [0.2, 0.25) is 5.02 Å². The standard InChI is InChI=1S/C23H19ClN6O/c24-18-10-5-4-9-17(18)15-29(14-16-7-2-1-3-8-16)21-13-20(25)30-23(26-21)27-22(28-30)19-11-6-12-31-19/h1-13H,14-15,25H2. The van der Waals surface area contributed by atoms with Crippen molar-refractivity contribution >= 4 is 29.0 Å². The average Bonchev–Trinajstić information content (AvgIpc) is 3.45. The van der Waals surface area contributed by atoms with Crippen LogP contribution in [0, 0.1) is 0 Å². The Morgan fingerprint density at radius 3 is 2.52 bits per heavy atom. The summed E-state index contributed by atoms with van der Waals surface area (Å²) in [6, 6.07) is 23.4. The Labute approximate surface area is 183 Å². The minimum atomic E-state index is 0.402. The zero-order valence-corrected chi connectivity index (χ0v) is 17.3. The molecule has 0 saturated heterocycles. The van der Waals surface area contributed by atoms with E-state index in [-0.39, 0.29) is 0 Å². The molecule has 0 spiro atoms. The van der Waals surface area contributed by atoms with E-state index in [0.29, 0.717) is 47.1 Å². The van der Waals surface area contributed by atoms with Gasteiger partial charge in [-0.15, -0.1) is 5.10 Å². The molecule has 31 heavy (non-hydrogen) atoms. The number of furan rings is 1. The second-order valence-electron chi connectivity index (χ2n) is 7.10. The minimum absolute atomic E-state index is 0.402. The van der Waals surface area contributed by atoms with E-state index in [9.17, 15) is 0 Å². The van der Waals surface area contributed by atoms with Crippen LogP contribution in [0.1, 0.15) is 11.1 Å². The molecule has 3 aromatic heterocycles. The molecule has 0 aliphatic rings. The van der Waals surface area contributed by atoms with Crippen LogP contribution >= 0.6 is 11.6 Å². The van der Waals surface area contributed by atoms with Gasteiger partial charge in [0.1, 0.15) is 11.6 Å². The van der Waals surface area contributed by atoms with Crippen molar-refractivity contribution in [1.82, 2.24) is 19.6 Å². The van der Waals surface area contributed by atoms with Gasteiger partial charge in [0, 0.05) is 24.2 Å². The first-order valence-corrected chi connectivity index (χ1v) is 10.1. The fraction of sp³-hybridized carbons (Fsp3) is 0.0870. The van der Waals surface area contributed by atoms with Crippen LogP contribution in [-0.4, -0.2) is 19.6 Å². The highest BCUT2D eigenvalue weighted by molar-refractivity contribution is 6.31. The predicted molar refractivity (Wildman–Crippen MR) is 121 cm³/mol. The Bertz CT molecular complexity index is 1320. The first kappa shape index (κ1) is 19.1. The quantitative estimate of drug-likeness (QED) is 0.415. The highest BCUT2D eigenvalue weighted by Gasteiger charge is 2.17. The molecule has 5 aromatic rings. The summed E-state index contributed by atoms with van der Waals surface area (Å²) in [5, 5.41) is 5.13. The molecule has 2 aromatic carbocycles. The number of nitrogen functional groups attached to an aromatic ring is 1. The summed E-state index contributed by atoms with van der Waals surface area (Å²) >= 11 is 6.44. The number of aromatic nitrogens is 4. The minimum Gasteiger partial charge on any atom is -0.461 e. The molecule has 154 valence electrons. The summed E-state index contributed by atoms with van der Waals surface area (Å²) in [7, 11) is 0.